The van der Waals surface area contributed by atoms with Crippen molar-refractivity contribution in [2.45, 2.75) is 17.7 Å². The minimum absolute atomic E-state index is 0.0394. The number of hydrogen-bond donors (Lipinski definition) is 0. The molecule has 0 aliphatic carbocycles. The van der Waals surface area contributed by atoms with Crippen molar-refractivity contribution in [2.24, 2.45) is 0 Å². The van der Waals surface area contributed by atoms with Gasteiger partial charge in [0.1, 0.15) is 22.9 Å². The second-order valence-electron chi connectivity index (χ2n) is 7.64. The quantitative estimate of drug-likeness (QED) is 0.420. The Labute approximate surface area is 201 Å². The minimum atomic E-state index is -4.09. The molecule has 0 saturated carbocycles. The summed E-state index contributed by atoms with van der Waals surface area (Å²) in [6.45, 7) is 0.986. The third-order valence-corrected chi connectivity index (χ3v) is 7.50. The van der Waals surface area contributed by atoms with E-state index >= 15 is 0 Å². The van der Waals surface area contributed by atoms with E-state index in [0.717, 1.165) is 29.5 Å². The topological polar surface area (TPSA) is 110 Å². The summed E-state index contributed by atoms with van der Waals surface area (Å²) < 4.78 is 35.4. The van der Waals surface area contributed by atoms with Crippen LogP contribution in [0.2, 0.25) is 0 Å². The number of benzene rings is 2. The molecule has 2 fully saturated rings. The number of hydrogen-bond acceptors (Lipinski definition) is 8. The number of likely N-dealkylation sites (tertiary alicyclic amines) is 1. The zero-order valence-corrected chi connectivity index (χ0v) is 19.9. The molecule has 2 saturated heterocycles. The van der Waals surface area contributed by atoms with Crippen LogP contribution < -0.4 is 8.92 Å². The van der Waals surface area contributed by atoms with E-state index in [1.165, 1.54) is 49.6 Å². The third-order valence-electron chi connectivity index (χ3n) is 5.34. The van der Waals surface area contributed by atoms with Gasteiger partial charge in [0.2, 0.25) is 5.91 Å². The highest BCUT2D eigenvalue weighted by molar-refractivity contribution is 8.18. The van der Waals surface area contributed by atoms with Crippen LogP contribution in [0.1, 0.15) is 18.4 Å². The number of thioether (sulfide) groups is 1. The van der Waals surface area contributed by atoms with Crippen molar-refractivity contribution in [3.05, 3.63) is 59.0 Å². The molecule has 0 N–H and O–H groups in total. The van der Waals surface area contributed by atoms with Gasteiger partial charge in [-0.15, -0.1) is 0 Å². The highest BCUT2D eigenvalue weighted by Gasteiger charge is 2.37. The number of carbonyl (C=O) groups excluding carboxylic acids is 3. The lowest BCUT2D eigenvalue weighted by molar-refractivity contribution is -0.135. The van der Waals surface area contributed by atoms with Crippen molar-refractivity contribution < 1.29 is 31.7 Å². The number of methoxy groups -OCH3 is 1. The molecule has 2 aliphatic rings. The van der Waals surface area contributed by atoms with Crippen molar-refractivity contribution in [1.82, 2.24) is 9.80 Å². The average molecular weight is 503 g/mol. The molecular formula is C23H22N2O7S2. The summed E-state index contributed by atoms with van der Waals surface area (Å²) in [5.41, 5.74) is 0.471. The molecule has 9 nitrogen and oxygen atoms in total. The molecule has 0 radical (unpaired) electrons. The molecule has 3 amide bonds. The first kappa shape index (κ1) is 23.8. The first-order valence-electron chi connectivity index (χ1n) is 10.5. The Hall–Kier alpha value is -3.31. The maximum Gasteiger partial charge on any atom is 0.339 e. The molecular weight excluding hydrogens is 480 g/mol. The van der Waals surface area contributed by atoms with Gasteiger partial charge in [-0.3, -0.25) is 19.3 Å². The van der Waals surface area contributed by atoms with Crippen molar-refractivity contribution in [1.29, 1.82) is 0 Å². The van der Waals surface area contributed by atoms with Crippen LogP contribution in [0.5, 0.6) is 11.5 Å². The normalized spacial score (nSPS) is 17.5. The molecule has 0 unspecified atom stereocenters. The second kappa shape index (κ2) is 9.90. The van der Waals surface area contributed by atoms with Gasteiger partial charge in [0.05, 0.1) is 12.0 Å². The lowest BCUT2D eigenvalue weighted by atomic mass is 10.2. The fourth-order valence-electron chi connectivity index (χ4n) is 3.56. The monoisotopic (exact) mass is 502 g/mol. The molecule has 2 aromatic rings. The number of amides is 3. The maximum atomic E-state index is 12.7. The van der Waals surface area contributed by atoms with Gasteiger partial charge in [-0.25, -0.2) is 0 Å². The summed E-state index contributed by atoms with van der Waals surface area (Å²) in [5.74, 6) is -0.245. The molecule has 0 aromatic heterocycles. The summed E-state index contributed by atoms with van der Waals surface area (Å²) in [6, 6.07) is 11.9. The molecule has 2 aromatic carbocycles. The summed E-state index contributed by atoms with van der Waals surface area (Å²) in [7, 11) is -2.61. The van der Waals surface area contributed by atoms with E-state index < -0.39 is 21.3 Å². The Morgan fingerprint density at radius 2 is 1.76 bits per heavy atom. The first-order chi connectivity index (χ1) is 16.3. The van der Waals surface area contributed by atoms with Gasteiger partial charge in [-0.1, -0.05) is 12.1 Å². The molecule has 178 valence electrons. The number of ether oxygens (including phenoxy) is 1. The van der Waals surface area contributed by atoms with E-state index in [2.05, 4.69) is 0 Å². The highest BCUT2D eigenvalue weighted by Crippen LogP contribution is 2.33. The van der Waals surface area contributed by atoms with Crippen molar-refractivity contribution in [3.8, 4) is 11.5 Å². The van der Waals surface area contributed by atoms with Crippen LogP contribution >= 0.6 is 11.8 Å². The Bertz CT molecular complexity index is 1250. The van der Waals surface area contributed by atoms with Gasteiger partial charge in [-0.05, 0) is 72.6 Å². The first-order valence-corrected chi connectivity index (χ1v) is 12.7. The molecule has 0 atom stereocenters. The molecule has 34 heavy (non-hydrogen) atoms. The maximum absolute atomic E-state index is 12.7. The number of carbonyl (C=O) groups is 3. The summed E-state index contributed by atoms with van der Waals surface area (Å²) in [5, 5.41) is -0.515. The van der Waals surface area contributed by atoms with E-state index in [1.54, 1.807) is 17.0 Å². The molecule has 2 aliphatic heterocycles. The lowest BCUT2D eigenvalue weighted by Gasteiger charge is -2.18. The van der Waals surface area contributed by atoms with Gasteiger partial charge in [0.15, 0.2) is 0 Å². The van der Waals surface area contributed by atoms with Crippen molar-refractivity contribution >= 4 is 45.0 Å². The molecule has 2 heterocycles. The Morgan fingerprint density at radius 3 is 2.44 bits per heavy atom. The standard InChI is InChI=1S/C23H22N2O7S2/c1-31-17-7-9-19(10-8-17)34(29,30)32-18-6-4-5-16(13-18)14-20-22(27)25(23(28)33-20)15-21(26)24-11-2-3-12-24/h4-10,13-14H,2-3,11-12,15H2,1H3/b20-14-. The predicted molar refractivity (Wildman–Crippen MR) is 126 cm³/mol. The summed E-state index contributed by atoms with van der Waals surface area (Å²) in [4.78, 5) is 40.1. The van der Waals surface area contributed by atoms with Crippen LogP contribution in [-0.4, -0.2) is 62.0 Å². The van der Waals surface area contributed by atoms with Gasteiger partial charge in [-0.2, -0.15) is 8.42 Å². The van der Waals surface area contributed by atoms with Crippen LogP contribution in [-0.2, 0) is 19.7 Å². The van der Waals surface area contributed by atoms with E-state index in [9.17, 15) is 22.8 Å². The van der Waals surface area contributed by atoms with Gasteiger partial charge < -0.3 is 13.8 Å². The van der Waals surface area contributed by atoms with Crippen LogP contribution in [0, 0.1) is 0 Å². The molecule has 11 heteroatoms. The fourth-order valence-corrected chi connectivity index (χ4v) is 5.32. The lowest BCUT2D eigenvalue weighted by Crippen LogP contribution is -2.40. The molecule has 0 spiro atoms. The van der Waals surface area contributed by atoms with Gasteiger partial charge >= 0.3 is 10.1 Å². The zero-order chi connectivity index (χ0) is 24.3. The number of imide groups is 1. The second-order valence-corrected chi connectivity index (χ2v) is 10.2. The fraction of sp³-hybridized carbons (Fsp3) is 0.261. The van der Waals surface area contributed by atoms with Gasteiger partial charge in [0, 0.05) is 13.1 Å². The van der Waals surface area contributed by atoms with E-state index in [0.29, 0.717) is 24.4 Å². The zero-order valence-electron chi connectivity index (χ0n) is 18.3. The van der Waals surface area contributed by atoms with Gasteiger partial charge in [0.25, 0.3) is 11.1 Å². The van der Waals surface area contributed by atoms with Crippen LogP contribution in [0.25, 0.3) is 6.08 Å². The largest absolute Gasteiger partial charge is 0.497 e. The molecule has 4 rings (SSSR count). The minimum Gasteiger partial charge on any atom is -0.497 e. The average Bonchev–Trinajstić information content (AvgIpc) is 3.44. The van der Waals surface area contributed by atoms with Crippen molar-refractivity contribution in [2.75, 3.05) is 26.7 Å². The Kier molecular flexibility index (Phi) is 6.94. The van der Waals surface area contributed by atoms with Crippen molar-refractivity contribution in [3.63, 3.8) is 0 Å². The predicted octanol–water partition coefficient (Wildman–Crippen LogP) is 3.12. The molecule has 0 bridgehead atoms. The van der Waals surface area contributed by atoms with E-state index in [-0.39, 0.29) is 28.0 Å². The van der Waals surface area contributed by atoms with Crippen LogP contribution in [0.3, 0.4) is 0 Å². The smallest absolute Gasteiger partial charge is 0.339 e. The Balaban J connectivity index is 1.47. The summed E-state index contributed by atoms with van der Waals surface area (Å²) >= 11 is 0.737. The SMILES string of the molecule is COc1ccc(S(=O)(=O)Oc2cccc(/C=C3\SC(=O)N(CC(=O)N4CCCC4)C3=O)c2)cc1. The Morgan fingerprint density at radius 1 is 1.06 bits per heavy atom. The summed E-state index contributed by atoms with van der Waals surface area (Å²) in [6.07, 6.45) is 3.30. The van der Waals surface area contributed by atoms with Crippen LogP contribution in [0.4, 0.5) is 4.79 Å². The number of rotatable bonds is 7. The third kappa shape index (κ3) is 5.26. The number of nitrogens with zero attached hydrogens (tertiary/aromatic N) is 2. The highest BCUT2D eigenvalue weighted by atomic mass is 32.2. The van der Waals surface area contributed by atoms with E-state index in [1.807, 2.05) is 0 Å². The van der Waals surface area contributed by atoms with E-state index in [4.69, 9.17) is 8.92 Å². The van der Waals surface area contributed by atoms with Crippen LogP contribution in [0.15, 0.2) is 58.3 Å².